The molecule has 0 spiro atoms. The minimum absolute atomic E-state index is 0.248. The average Bonchev–Trinajstić information content (AvgIpc) is 3.22. The first-order valence-electron chi connectivity index (χ1n) is 9.72. The Morgan fingerprint density at radius 3 is 2.66 bits per heavy atom. The summed E-state index contributed by atoms with van der Waals surface area (Å²) in [4.78, 5) is 12.6. The molecule has 0 aliphatic carbocycles. The minimum atomic E-state index is -0.391. The van der Waals surface area contributed by atoms with Crippen molar-refractivity contribution in [2.45, 2.75) is 13.2 Å². The third-order valence-corrected chi connectivity index (χ3v) is 5.69. The molecule has 0 radical (unpaired) electrons. The van der Waals surface area contributed by atoms with E-state index in [1.807, 2.05) is 36.4 Å². The number of nitrogens with zero attached hydrogens (tertiary/aromatic N) is 2. The molecular formula is C24H18BrClFN3O2. The van der Waals surface area contributed by atoms with Crippen LogP contribution in [0.3, 0.4) is 0 Å². The molecule has 0 saturated carbocycles. The maximum Gasteiger partial charge on any atom is 0.255 e. The number of anilines is 1. The van der Waals surface area contributed by atoms with Crippen LogP contribution >= 0.6 is 27.5 Å². The number of halogens is 3. The summed E-state index contributed by atoms with van der Waals surface area (Å²) < 4.78 is 21.5. The van der Waals surface area contributed by atoms with Gasteiger partial charge in [-0.15, -0.1) is 0 Å². The molecule has 0 aliphatic heterocycles. The largest absolute Gasteiger partial charge is 0.488 e. The van der Waals surface area contributed by atoms with Gasteiger partial charge < -0.3 is 10.1 Å². The number of hydrogen-bond donors (Lipinski definition) is 1. The quantitative estimate of drug-likeness (QED) is 0.314. The third-order valence-electron chi connectivity index (χ3n) is 4.69. The Kier molecular flexibility index (Phi) is 6.87. The topological polar surface area (TPSA) is 56.2 Å². The number of hydrogen-bond acceptors (Lipinski definition) is 3. The summed E-state index contributed by atoms with van der Waals surface area (Å²) in [5.41, 5.74) is 2.74. The van der Waals surface area contributed by atoms with Gasteiger partial charge in [0, 0.05) is 16.8 Å². The molecule has 0 atom stereocenters. The van der Waals surface area contributed by atoms with Crippen molar-refractivity contribution in [3.05, 3.63) is 111 Å². The fourth-order valence-corrected chi connectivity index (χ4v) is 3.64. The molecule has 32 heavy (non-hydrogen) atoms. The van der Waals surface area contributed by atoms with Gasteiger partial charge in [0.2, 0.25) is 0 Å². The molecule has 0 unspecified atom stereocenters. The molecule has 4 rings (SSSR count). The van der Waals surface area contributed by atoms with Crippen molar-refractivity contribution in [3.63, 3.8) is 0 Å². The van der Waals surface area contributed by atoms with E-state index in [0.29, 0.717) is 29.4 Å². The van der Waals surface area contributed by atoms with E-state index < -0.39 is 5.82 Å². The lowest BCUT2D eigenvalue weighted by Crippen LogP contribution is -2.11. The Bertz CT molecular complexity index is 1240. The molecule has 162 valence electrons. The summed E-state index contributed by atoms with van der Waals surface area (Å²) in [6.07, 6.45) is 3.24. The number of amides is 1. The first-order chi connectivity index (χ1) is 15.5. The molecule has 0 bridgehead atoms. The summed E-state index contributed by atoms with van der Waals surface area (Å²) in [5, 5.41) is 7.37. The summed E-state index contributed by atoms with van der Waals surface area (Å²) in [7, 11) is 0. The molecule has 0 saturated heterocycles. The maximum absolute atomic E-state index is 13.2. The lowest BCUT2D eigenvalue weighted by Gasteiger charge is -2.09. The first kappa shape index (κ1) is 22.0. The smallest absolute Gasteiger partial charge is 0.255 e. The molecule has 5 nitrogen and oxygen atoms in total. The van der Waals surface area contributed by atoms with Gasteiger partial charge in [-0.1, -0.05) is 41.9 Å². The van der Waals surface area contributed by atoms with E-state index >= 15 is 0 Å². The lowest BCUT2D eigenvalue weighted by molar-refractivity contribution is 0.102. The van der Waals surface area contributed by atoms with Crippen LogP contribution in [0.4, 0.5) is 10.1 Å². The minimum Gasteiger partial charge on any atom is -0.488 e. The van der Waals surface area contributed by atoms with Gasteiger partial charge >= 0.3 is 0 Å². The average molecular weight is 515 g/mol. The van der Waals surface area contributed by atoms with Crippen LogP contribution in [0.25, 0.3) is 0 Å². The van der Waals surface area contributed by atoms with E-state index in [4.69, 9.17) is 16.3 Å². The second-order valence-corrected chi connectivity index (χ2v) is 8.29. The molecule has 1 N–H and O–H groups in total. The second-order valence-electron chi connectivity index (χ2n) is 7.03. The van der Waals surface area contributed by atoms with Gasteiger partial charge in [0.1, 0.15) is 18.2 Å². The highest BCUT2D eigenvalue weighted by molar-refractivity contribution is 9.10. The highest BCUT2D eigenvalue weighted by Gasteiger charge is 2.10. The van der Waals surface area contributed by atoms with Gasteiger partial charge in [-0.2, -0.15) is 5.10 Å². The zero-order valence-electron chi connectivity index (χ0n) is 16.8. The summed E-state index contributed by atoms with van der Waals surface area (Å²) in [6, 6.07) is 19.0. The molecule has 0 fully saturated rings. The number of benzene rings is 3. The number of para-hydroxylation sites is 1. The van der Waals surface area contributed by atoms with Gasteiger partial charge in [0.05, 0.1) is 22.9 Å². The number of carbonyl (C=O) groups excluding carboxylic acids is 1. The molecule has 4 aromatic rings. The summed E-state index contributed by atoms with van der Waals surface area (Å²) in [6.45, 7) is 0.754. The van der Waals surface area contributed by atoms with E-state index in [-0.39, 0.29) is 5.91 Å². The van der Waals surface area contributed by atoms with Crippen molar-refractivity contribution in [1.82, 2.24) is 9.78 Å². The molecule has 8 heteroatoms. The van der Waals surface area contributed by atoms with Crippen LogP contribution in [0.15, 0.2) is 83.6 Å². The Morgan fingerprint density at radius 2 is 1.91 bits per heavy atom. The maximum atomic E-state index is 13.2. The van der Waals surface area contributed by atoms with Gasteiger partial charge in [0.25, 0.3) is 5.91 Å². The molecule has 1 amide bonds. The van der Waals surface area contributed by atoms with Gasteiger partial charge in [-0.05, 0) is 63.5 Å². The zero-order chi connectivity index (χ0) is 22.5. The first-order valence-corrected chi connectivity index (χ1v) is 10.9. The number of ether oxygens (including phenoxy) is 1. The summed E-state index contributed by atoms with van der Waals surface area (Å²) in [5.74, 6) is 0.119. The molecular weight excluding hydrogens is 497 g/mol. The highest BCUT2D eigenvalue weighted by atomic mass is 79.9. The molecule has 3 aromatic carbocycles. The van der Waals surface area contributed by atoms with Crippen LogP contribution in [0.1, 0.15) is 21.5 Å². The number of carbonyl (C=O) groups is 1. The van der Waals surface area contributed by atoms with Crippen LogP contribution in [0, 0.1) is 5.82 Å². The summed E-state index contributed by atoms with van der Waals surface area (Å²) >= 11 is 9.52. The van der Waals surface area contributed by atoms with E-state index in [1.54, 1.807) is 35.3 Å². The standard InChI is InChI=1S/C24H18BrClFN3O2/c25-21-3-1-2-4-23(21)32-15-16-5-7-17(8-6-16)24(31)29-20-12-28-30(14-20)13-18-9-10-19(27)11-22(18)26/h1-12,14H,13,15H2,(H,29,31). The lowest BCUT2D eigenvalue weighted by atomic mass is 10.1. The van der Waals surface area contributed by atoms with Gasteiger partial charge in [0.15, 0.2) is 0 Å². The van der Waals surface area contributed by atoms with E-state index in [2.05, 4.69) is 26.3 Å². The Hall–Kier alpha value is -3.16. The predicted octanol–water partition coefficient (Wildman–Crippen LogP) is 6.32. The van der Waals surface area contributed by atoms with Crippen LogP contribution in [0.5, 0.6) is 5.75 Å². The molecule has 0 aliphatic rings. The Morgan fingerprint density at radius 1 is 1.12 bits per heavy atom. The van der Waals surface area contributed by atoms with Crippen LogP contribution in [-0.4, -0.2) is 15.7 Å². The number of aromatic nitrogens is 2. The normalized spacial score (nSPS) is 10.7. The van der Waals surface area contributed by atoms with Crippen molar-refractivity contribution in [1.29, 1.82) is 0 Å². The van der Waals surface area contributed by atoms with E-state index in [1.165, 1.54) is 12.1 Å². The van der Waals surface area contributed by atoms with Crippen LogP contribution in [0.2, 0.25) is 5.02 Å². The fourth-order valence-electron chi connectivity index (χ4n) is 3.02. The van der Waals surface area contributed by atoms with E-state index in [0.717, 1.165) is 21.3 Å². The molecule has 1 aromatic heterocycles. The van der Waals surface area contributed by atoms with Gasteiger partial charge in [-0.25, -0.2) is 4.39 Å². The molecule has 1 heterocycles. The van der Waals surface area contributed by atoms with Crippen molar-refractivity contribution in [3.8, 4) is 5.75 Å². The van der Waals surface area contributed by atoms with Crippen molar-refractivity contribution >= 4 is 39.1 Å². The highest BCUT2D eigenvalue weighted by Crippen LogP contribution is 2.25. The fraction of sp³-hybridized carbons (Fsp3) is 0.0833. The van der Waals surface area contributed by atoms with Crippen LogP contribution < -0.4 is 10.1 Å². The Labute approximate surface area is 197 Å². The van der Waals surface area contributed by atoms with Gasteiger partial charge in [-0.3, -0.25) is 9.48 Å². The second kappa shape index (κ2) is 9.97. The third kappa shape index (κ3) is 5.55. The monoisotopic (exact) mass is 513 g/mol. The number of nitrogens with one attached hydrogen (secondary N) is 1. The number of rotatable bonds is 7. The predicted molar refractivity (Wildman–Crippen MR) is 126 cm³/mol. The van der Waals surface area contributed by atoms with Crippen LogP contribution in [-0.2, 0) is 13.2 Å². The van der Waals surface area contributed by atoms with Crippen molar-refractivity contribution in [2.75, 3.05) is 5.32 Å². The van der Waals surface area contributed by atoms with Crippen molar-refractivity contribution in [2.24, 2.45) is 0 Å². The van der Waals surface area contributed by atoms with Crippen molar-refractivity contribution < 1.29 is 13.9 Å². The Balaban J connectivity index is 1.34. The van der Waals surface area contributed by atoms with E-state index in [9.17, 15) is 9.18 Å². The SMILES string of the molecule is O=C(Nc1cnn(Cc2ccc(F)cc2Cl)c1)c1ccc(COc2ccccc2Br)cc1. The zero-order valence-corrected chi connectivity index (χ0v) is 19.1.